The van der Waals surface area contributed by atoms with Crippen LogP contribution >= 0.6 is 0 Å². The second kappa shape index (κ2) is 5.89. The lowest BCUT2D eigenvalue weighted by atomic mass is 10.1. The van der Waals surface area contributed by atoms with Gasteiger partial charge in [-0.1, -0.05) is 18.2 Å². The van der Waals surface area contributed by atoms with Gasteiger partial charge in [0.05, 0.1) is 22.9 Å². The highest BCUT2D eigenvalue weighted by Gasteiger charge is 2.16. The Labute approximate surface area is 137 Å². The molecule has 0 fully saturated rings. The van der Waals surface area contributed by atoms with Crippen LogP contribution < -0.4 is 5.32 Å². The fourth-order valence-corrected chi connectivity index (χ4v) is 2.52. The summed E-state index contributed by atoms with van der Waals surface area (Å²) in [5, 5.41) is 21.6. The molecule has 0 aliphatic carbocycles. The Kier molecular flexibility index (Phi) is 3.76. The van der Waals surface area contributed by atoms with Gasteiger partial charge in [0.1, 0.15) is 5.69 Å². The molecule has 1 heterocycles. The topological polar surface area (TPSA) is 106 Å². The molecule has 3 aromatic rings. The highest BCUT2D eigenvalue weighted by atomic mass is 16.4. The highest BCUT2D eigenvalue weighted by Crippen LogP contribution is 2.21. The molecule has 1 amide bonds. The maximum atomic E-state index is 12.4. The third-order valence-corrected chi connectivity index (χ3v) is 3.74. The molecule has 3 N–H and O–H groups in total. The van der Waals surface area contributed by atoms with Gasteiger partial charge in [-0.25, -0.2) is 4.79 Å². The van der Waals surface area contributed by atoms with E-state index in [-0.39, 0.29) is 16.8 Å². The van der Waals surface area contributed by atoms with Crippen molar-refractivity contribution < 1.29 is 14.7 Å². The number of aromatic amines is 1. The van der Waals surface area contributed by atoms with E-state index < -0.39 is 11.9 Å². The van der Waals surface area contributed by atoms with Crippen LogP contribution in [-0.2, 0) is 0 Å². The first-order valence-electron chi connectivity index (χ1n) is 7.16. The number of hydrogen-bond acceptors (Lipinski definition) is 3. The molecule has 0 aliphatic rings. The molecule has 0 unspecified atom stereocenters. The van der Waals surface area contributed by atoms with E-state index in [1.54, 1.807) is 6.07 Å². The number of carboxylic acid groups (broad SMARTS) is 1. The molecule has 6 nitrogen and oxygen atoms in total. The fraction of sp³-hybridized carbons (Fsp3) is 0.0556. The molecular weight excluding hydrogens is 306 g/mol. The minimum atomic E-state index is -1.21. The van der Waals surface area contributed by atoms with Crippen molar-refractivity contribution in [2.75, 3.05) is 5.32 Å². The van der Waals surface area contributed by atoms with Gasteiger partial charge < -0.3 is 15.4 Å². The fourth-order valence-electron chi connectivity index (χ4n) is 2.52. The van der Waals surface area contributed by atoms with E-state index in [9.17, 15) is 14.7 Å². The number of carbonyl (C=O) groups excluding carboxylic acids is 1. The van der Waals surface area contributed by atoms with Gasteiger partial charge in [-0.2, -0.15) is 5.26 Å². The van der Waals surface area contributed by atoms with Gasteiger partial charge in [0.2, 0.25) is 0 Å². The lowest BCUT2D eigenvalue weighted by Crippen LogP contribution is -2.15. The van der Waals surface area contributed by atoms with Gasteiger partial charge in [0.15, 0.2) is 0 Å². The van der Waals surface area contributed by atoms with Crippen LogP contribution in [0.15, 0.2) is 42.5 Å². The molecule has 0 bridgehead atoms. The number of fused-ring (bicyclic) bond motifs is 1. The van der Waals surface area contributed by atoms with E-state index in [1.807, 2.05) is 31.2 Å². The number of rotatable bonds is 3. The van der Waals surface area contributed by atoms with Gasteiger partial charge in [-0.05, 0) is 36.8 Å². The zero-order valence-electron chi connectivity index (χ0n) is 12.8. The molecule has 24 heavy (non-hydrogen) atoms. The Morgan fingerprint density at radius 3 is 2.67 bits per heavy atom. The Balaban J connectivity index is 1.95. The van der Waals surface area contributed by atoms with Gasteiger partial charge in [-0.15, -0.1) is 0 Å². The number of carboxylic acids is 1. The minimum Gasteiger partial charge on any atom is -0.478 e. The van der Waals surface area contributed by atoms with Crippen LogP contribution in [0.4, 0.5) is 5.69 Å². The van der Waals surface area contributed by atoms with Crippen LogP contribution in [0.5, 0.6) is 0 Å². The second-order valence-electron chi connectivity index (χ2n) is 5.35. The lowest BCUT2D eigenvalue weighted by Gasteiger charge is -2.08. The van der Waals surface area contributed by atoms with E-state index in [1.165, 1.54) is 18.2 Å². The van der Waals surface area contributed by atoms with Crippen molar-refractivity contribution in [1.29, 1.82) is 5.26 Å². The molecule has 118 valence electrons. The van der Waals surface area contributed by atoms with Crippen molar-refractivity contribution in [2.24, 2.45) is 0 Å². The monoisotopic (exact) mass is 319 g/mol. The van der Waals surface area contributed by atoms with Crippen LogP contribution in [0, 0.1) is 18.3 Å². The Hall–Kier alpha value is -3.59. The van der Waals surface area contributed by atoms with Crippen molar-refractivity contribution >= 4 is 28.5 Å². The number of nitrogens with one attached hydrogen (secondary N) is 2. The summed E-state index contributed by atoms with van der Waals surface area (Å²) in [5.41, 5.74) is 2.43. The Morgan fingerprint density at radius 2 is 2.00 bits per heavy atom. The van der Waals surface area contributed by atoms with Gasteiger partial charge >= 0.3 is 5.97 Å². The number of aryl methyl sites for hydroxylation is 1. The van der Waals surface area contributed by atoms with E-state index in [0.29, 0.717) is 5.69 Å². The third-order valence-electron chi connectivity index (χ3n) is 3.74. The summed E-state index contributed by atoms with van der Waals surface area (Å²) in [7, 11) is 0. The SMILES string of the molecule is Cc1cccc2cc(C(=O)Nc3ccc(C#N)cc3C(=O)O)[nH]c12. The van der Waals surface area contributed by atoms with Crippen LogP contribution in [0.1, 0.15) is 32.0 Å². The van der Waals surface area contributed by atoms with Crippen molar-refractivity contribution in [3.8, 4) is 6.07 Å². The smallest absolute Gasteiger partial charge is 0.337 e. The highest BCUT2D eigenvalue weighted by molar-refractivity contribution is 6.09. The number of aromatic carboxylic acids is 1. The molecule has 3 rings (SSSR count). The summed E-state index contributed by atoms with van der Waals surface area (Å²) in [4.78, 5) is 26.8. The summed E-state index contributed by atoms with van der Waals surface area (Å²) in [5.74, 6) is -1.66. The number of amides is 1. The molecule has 0 spiro atoms. The Bertz CT molecular complexity index is 1010. The number of carbonyl (C=O) groups is 2. The minimum absolute atomic E-state index is 0.130. The molecule has 0 aliphatic heterocycles. The molecular formula is C18H13N3O3. The van der Waals surface area contributed by atoms with E-state index >= 15 is 0 Å². The van der Waals surface area contributed by atoms with Crippen molar-refractivity contribution in [1.82, 2.24) is 4.98 Å². The zero-order chi connectivity index (χ0) is 17.3. The Morgan fingerprint density at radius 1 is 1.21 bits per heavy atom. The third kappa shape index (κ3) is 2.71. The molecule has 1 aromatic heterocycles. The van der Waals surface area contributed by atoms with Gasteiger partial charge in [0, 0.05) is 10.9 Å². The molecule has 0 saturated carbocycles. The average molecular weight is 319 g/mol. The number of aromatic nitrogens is 1. The molecule has 0 saturated heterocycles. The summed E-state index contributed by atoms with van der Waals surface area (Å²) >= 11 is 0. The maximum Gasteiger partial charge on any atom is 0.337 e. The normalized spacial score (nSPS) is 10.3. The standard InChI is InChI=1S/C18H13N3O3/c1-10-3-2-4-12-8-15(20-16(10)12)17(22)21-14-6-5-11(9-19)7-13(14)18(23)24/h2-8,20H,1H3,(H,21,22)(H,23,24). The molecule has 0 atom stereocenters. The summed E-state index contributed by atoms with van der Waals surface area (Å²) in [6, 6.07) is 13.4. The number of nitriles is 1. The lowest BCUT2D eigenvalue weighted by molar-refractivity contribution is 0.0698. The number of hydrogen-bond donors (Lipinski definition) is 3. The second-order valence-corrected chi connectivity index (χ2v) is 5.35. The quantitative estimate of drug-likeness (QED) is 0.688. The first-order valence-corrected chi connectivity index (χ1v) is 7.16. The predicted molar refractivity (Wildman–Crippen MR) is 89.1 cm³/mol. The largest absolute Gasteiger partial charge is 0.478 e. The van der Waals surface area contributed by atoms with Crippen LogP contribution in [0.3, 0.4) is 0 Å². The summed E-state index contributed by atoms with van der Waals surface area (Å²) < 4.78 is 0. The van der Waals surface area contributed by atoms with Crippen LogP contribution in [0.25, 0.3) is 10.9 Å². The number of nitrogens with zero attached hydrogens (tertiary/aromatic N) is 1. The van der Waals surface area contributed by atoms with Crippen molar-refractivity contribution in [3.63, 3.8) is 0 Å². The number of anilines is 1. The zero-order valence-corrected chi connectivity index (χ0v) is 12.8. The van der Waals surface area contributed by atoms with Crippen molar-refractivity contribution in [3.05, 3.63) is 64.8 Å². The van der Waals surface area contributed by atoms with E-state index in [0.717, 1.165) is 16.5 Å². The molecule has 6 heteroatoms. The predicted octanol–water partition coefficient (Wildman–Crippen LogP) is 3.30. The van der Waals surface area contributed by atoms with Crippen LogP contribution in [-0.4, -0.2) is 22.0 Å². The maximum absolute atomic E-state index is 12.4. The molecule has 2 aromatic carbocycles. The average Bonchev–Trinajstić information content (AvgIpc) is 3.01. The van der Waals surface area contributed by atoms with Gasteiger partial charge in [-0.3, -0.25) is 4.79 Å². The van der Waals surface area contributed by atoms with Gasteiger partial charge in [0.25, 0.3) is 5.91 Å². The number of para-hydroxylation sites is 1. The molecule has 0 radical (unpaired) electrons. The number of benzene rings is 2. The summed E-state index contributed by atoms with van der Waals surface area (Å²) in [6.45, 7) is 1.93. The first-order chi connectivity index (χ1) is 11.5. The van der Waals surface area contributed by atoms with E-state index in [2.05, 4.69) is 10.3 Å². The first kappa shape index (κ1) is 15.3. The summed E-state index contributed by atoms with van der Waals surface area (Å²) in [6.07, 6.45) is 0. The van der Waals surface area contributed by atoms with Crippen molar-refractivity contribution in [2.45, 2.75) is 6.92 Å². The number of H-pyrrole nitrogens is 1. The van der Waals surface area contributed by atoms with E-state index in [4.69, 9.17) is 5.26 Å². The van der Waals surface area contributed by atoms with Crippen LogP contribution in [0.2, 0.25) is 0 Å².